The smallest absolute Gasteiger partial charge is 0.295 e. The van der Waals surface area contributed by atoms with E-state index in [1.807, 2.05) is 9.80 Å². The van der Waals surface area contributed by atoms with E-state index in [9.17, 15) is 14.5 Å². The van der Waals surface area contributed by atoms with Crippen molar-refractivity contribution in [2.24, 2.45) is 0 Å². The monoisotopic (exact) mass is 278 g/mol. The molecule has 0 unspecified atom stereocenters. The Balaban J connectivity index is 2.23. The second-order valence-electron chi connectivity index (χ2n) is 4.77. The molecule has 1 aliphatic heterocycles. The first kappa shape index (κ1) is 14.2. The van der Waals surface area contributed by atoms with Gasteiger partial charge in [0.05, 0.1) is 23.6 Å². The van der Waals surface area contributed by atoms with Crippen molar-refractivity contribution in [2.45, 2.75) is 6.92 Å². The number of hydrogen-bond donors (Lipinski definition) is 0. The second kappa shape index (κ2) is 5.84. The molecule has 6 nitrogen and oxygen atoms in total. The highest BCUT2D eigenvalue weighted by Gasteiger charge is 2.25. The minimum Gasteiger partial charge on any atom is -0.363 e. The van der Waals surface area contributed by atoms with E-state index in [-0.39, 0.29) is 5.69 Å². The molecule has 0 N–H and O–H groups in total. The summed E-state index contributed by atoms with van der Waals surface area (Å²) < 4.78 is 13.5. The molecule has 1 fully saturated rings. The number of hydrogen-bond acceptors (Lipinski definition) is 5. The fourth-order valence-corrected chi connectivity index (χ4v) is 2.30. The Hall–Kier alpha value is -2.20. The van der Waals surface area contributed by atoms with Crippen molar-refractivity contribution < 1.29 is 9.31 Å². The van der Waals surface area contributed by atoms with Gasteiger partial charge in [-0.05, 0) is 18.6 Å². The Bertz CT molecular complexity index is 562. The maximum absolute atomic E-state index is 13.5. The molecular weight excluding hydrogens is 263 g/mol. The van der Waals surface area contributed by atoms with Gasteiger partial charge in [-0.15, -0.1) is 0 Å². The molecule has 1 aromatic rings. The van der Waals surface area contributed by atoms with E-state index in [0.717, 1.165) is 6.07 Å². The van der Waals surface area contributed by atoms with Crippen LogP contribution in [0.5, 0.6) is 0 Å². The number of nitriles is 1. The topological polar surface area (TPSA) is 73.4 Å². The summed E-state index contributed by atoms with van der Waals surface area (Å²) in [6.07, 6.45) is 0. The molecule has 0 aromatic heterocycles. The van der Waals surface area contributed by atoms with Crippen molar-refractivity contribution in [3.05, 3.63) is 33.6 Å². The van der Waals surface area contributed by atoms with Crippen LogP contribution in [0.25, 0.3) is 0 Å². The van der Waals surface area contributed by atoms with Crippen molar-refractivity contribution in [3.8, 4) is 6.07 Å². The van der Waals surface area contributed by atoms with Gasteiger partial charge >= 0.3 is 0 Å². The average molecular weight is 278 g/mol. The van der Waals surface area contributed by atoms with Crippen LogP contribution in [0, 0.1) is 34.2 Å². The highest BCUT2D eigenvalue weighted by molar-refractivity contribution is 5.65. The Kier molecular flexibility index (Phi) is 4.15. The van der Waals surface area contributed by atoms with Gasteiger partial charge in [0.15, 0.2) is 0 Å². The standard InChI is InChI=1S/C13H15FN4O2/c1-10-8-12(13(18(19)20)9-11(10)14)17-6-4-16(3-2-15)5-7-17/h8-9H,3-7H2,1H3. The quantitative estimate of drug-likeness (QED) is 0.478. The Morgan fingerprint density at radius 3 is 2.60 bits per heavy atom. The van der Waals surface area contributed by atoms with Crippen LogP contribution in [0.15, 0.2) is 12.1 Å². The molecule has 0 bridgehead atoms. The number of rotatable bonds is 3. The molecule has 0 atom stereocenters. The Morgan fingerprint density at radius 1 is 1.40 bits per heavy atom. The number of nitro benzene ring substituents is 1. The van der Waals surface area contributed by atoms with Crippen LogP contribution in [-0.4, -0.2) is 42.5 Å². The third-order valence-electron chi connectivity index (χ3n) is 3.46. The summed E-state index contributed by atoms with van der Waals surface area (Å²) in [6.45, 7) is 4.47. The van der Waals surface area contributed by atoms with Crippen molar-refractivity contribution in [3.63, 3.8) is 0 Å². The predicted octanol–water partition coefficient (Wildman–Crippen LogP) is 1.69. The summed E-state index contributed by atoms with van der Waals surface area (Å²) in [5.41, 5.74) is 0.636. The highest BCUT2D eigenvalue weighted by atomic mass is 19.1. The number of halogens is 1. The lowest BCUT2D eigenvalue weighted by Gasteiger charge is -2.34. The predicted molar refractivity (Wildman–Crippen MR) is 72.1 cm³/mol. The Labute approximate surface area is 116 Å². The van der Waals surface area contributed by atoms with Crippen LogP contribution in [0.3, 0.4) is 0 Å². The van der Waals surface area contributed by atoms with Crippen LogP contribution >= 0.6 is 0 Å². The number of nitro groups is 1. The van der Waals surface area contributed by atoms with Gasteiger partial charge in [0, 0.05) is 26.2 Å². The molecule has 7 heteroatoms. The summed E-state index contributed by atoms with van der Waals surface area (Å²) >= 11 is 0. The van der Waals surface area contributed by atoms with Crippen LogP contribution in [0.2, 0.25) is 0 Å². The fourth-order valence-electron chi connectivity index (χ4n) is 2.30. The van der Waals surface area contributed by atoms with Crippen molar-refractivity contribution in [1.29, 1.82) is 5.26 Å². The third-order valence-corrected chi connectivity index (χ3v) is 3.46. The first-order valence-corrected chi connectivity index (χ1v) is 6.31. The van der Waals surface area contributed by atoms with Crippen LogP contribution in [0.4, 0.5) is 15.8 Å². The molecule has 0 spiro atoms. The lowest BCUT2D eigenvalue weighted by molar-refractivity contribution is -0.384. The molecule has 106 valence electrons. The molecule has 0 aliphatic carbocycles. The SMILES string of the molecule is Cc1cc(N2CCN(CC#N)CC2)c([N+](=O)[O-])cc1F. The number of benzene rings is 1. The summed E-state index contributed by atoms with van der Waals surface area (Å²) in [5.74, 6) is -0.566. The third kappa shape index (κ3) is 2.86. The van der Waals surface area contributed by atoms with E-state index < -0.39 is 10.7 Å². The summed E-state index contributed by atoms with van der Waals surface area (Å²) in [7, 11) is 0. The van der Waals surface area contributed by atoms with E-state index in [1.54, 1.807) is 6.92 Å². The minimum absolute atomic E-state index is 0.207. The van der Waals surface area contributed by atoms with Crippen molar-refractivity contribution in [2.75, 3.05) is 37.6 Å². The number of anilines is 1. The maximum Gasteiger partial charge on any atom is 0.295 e. The molecule has 2 rings (SSSR count). The van der Waals surface area contributed by atoms with Gasteiger partial charge in [0.2, 0.25) is 0 Å². The number of nitrogens with zero attached hydrogens (tertiary/aromatic N) is 4. The normalized spacial score (nSPS) is 15.9. The minimum atomic E-state index is -0.566. The van der Waals surface area contributed by atoms with Gasteiger partial charge in [-0.25, -0.2) is 4.39 Å². The van der Waals surface area contributed by atoms with Gasteiger partial charge in [-0.2, -0.15) is 5.26 Å². The van der Waals surface area contributed by atoms with Gasteiger partial charge in [0.25, 0.3) is 5.69 Å². The zero-order valence-corrected chi connectivity index (χ0v) is 11.2. The van der Waals surface area contributed by atoms with E-state index in [2.05, 4.69) is 6.07 Å². The van der Waals surface area contributed by atoms with Crippen molar-refractivity contribution in [1.82, 2.24) is 4.90 Å². The Morgan fingerprint density at radius 2 is 2.05 bits per heavy atom. The summed E-state index contributed by atoms with van der Waals surface area (Å²) in [4.78, 5) is 14.4. The highest BCUT2D eigenvalue weighted by Crippen LogP contribution is 2.31. The largest absolute Gasteiger partial charge is 0.363 e. The van der Waals surface area contributed by atoms with E-state index in [4.69, 9.17) is 5.26 Å². The lowest BCUT2D eigenvalue weighted by Crippen LogP contribution is -2.46. The van der Waals surface area contributed by atoms with Crippen LogP contribution < -0.4 is 4.90 Å². The number of piperazine rings is 1. The second-order valence-corrected chi connectivity index (χ2v) is 4.77. The molecule has 0 saturated carbocycles. The average Bonchev–Trinajstić information content (AvgIpc) is 2.42. The molecule has 1 heterocycles. The first-order chi connectivity index (χ1) is 9.52. The molecular formula is C13H15FN4O2. The van der Waals surface area contributed by atoms with Crippen LogP contribution in [-0.2, 0) is 0 Å². The van der Waals surface area contributed by atoms with E-state index >= 15 is 0 Å². The lowest BCUT2D eigenvalue weighted by atomic mass is 10.1. The van der Waals surface area contributed by atoms with E-state index in [0.29, 0.717) is 44.0 Å². The fraction of sp³-hybridized carbons (Fsp3) is 0.462. The summed E-state index contributed by atoms with van der Waals surface area (Å²) in [5, 5.41) is 19.7. The number of aryl methyl sites for hydroxylation is 1. The van der Waals surface area contributed by atoms with Gasteiger partial charge in [-0.1, -0.05) is 0 Å². The molecule has 20 heavy (non-hydrogen) atoms. The summed E-state index contributed by atoms with van der Waals surface area (Å²) in [6, 6.07) is 4.59. The van der Waals surface area contributed by atoms with Crippen molar-refractivity contribution >= 4 is 11.4 Å². The van der Waals surface area contributed by atoms with Crippen LogP contribution in [0.1, 0.15) is 5.56 Å². The first-order valence-electron chi connectivity index (χ1n) is 6.31. The maximum atomic E-state index is 13.5. The molecule has 0 radical (unpaired) electrons. The molecule has 1 aromatic carbocycles. The zero-order valence-electron chi connectivity index (χ0n) is 11.2. The molecule has 1 aliphatic rings. The van der Waals surface area contributed by atoms with Gasteiger partial charge in [0.1, 0.15) is 11.5 Å². The van der Waals surface area contributed by atoms with Gasteiger partial charge in [-0.3, -0.25) is 15.0 Å². The van der Waals surface area contributed by atoms with Gasteiger partial charge < -0.3 is 4.90 Å². The molecule has 0 amide bonds. The molecule has 1 saturated heterocycles. The zero-order chi connectivity index (χ0) is 14.7. The van der Waals surface area contributed by atoms with E-state index in [1.165, 1.54) is 6.07 Å².